The summed E-state index contributed by atoms with van der Waals surface area (Å²) in [6.07, 6.45) is 3.37. The summed E-state index contributed by atoms with van der Waals surface area (Å²) in [6, 6.07) is 4.37. The molecule has 1 amide bonds. The van der Waals surface area contributed by atoms with Gasteiger partial charge in [-0.25, -0.2) is 4.39 Å². The van der Waals surface area contributed by atoms with E-state index in [1.54, 1.807) is 6.07 Å². The van der Waals surface area contributed by atoms with Crippen molar-refractivity contribution in [1.82, 2.24) is 5.32 Å². The molecule has 0 radical (unpaired) electrons. The van der Waals surface area contributed by atoms with Gasteiger partial charge in [0.15, 0.2) is 0 Å². The van der Waals surface area contributed by atoms with Crippen molar-refractivity contribution in [3.05, 3.63) is 34.1 Å². The number of benzene rings is 1. The minimum Gasteiger partial charge on any atom is -0.391 e. The third-order valence-corrected chi connectivity index (χ3v) is 5.35. The minimum absolute atomic E-state index is 0.157. The van der Waals surface area contributed by atoms with E-state index >= 15 is 0 Å². The summed E-state index contributed by atoms with van der Waals surface area (Å²) in [6.45, 7) is 2.18. The predicted molar refractivity (Wildman–Crippen MR) is 88.7 cm³/mol. The molecular formula is C15H18BrFN2OS. The summed E-state index contributed by atoms with van der Waals surface area (Å²) in [5.74, 6) is -0.224. The maximum absolute atomic E-state index is 13.5. The number of carbonyl (C=O) groups excluding carboxylic acids is 1. The number of hydrogen-bond acceptors (Lipinski definition) is 2. The molecule has 6 heteroatoms. The number of nitrogens with two attached hydrogens (primary N) is 1. The Labute approximate surface area is 137 Å². The topological polar surface area (TPSA) is 55.1 Å². The smallest absolute Gasteiger partial charge is 0.253 e. The Kier molecular flexibility index (Phi) is 4.99. The highest BCUT2D eigenvalue weighted by Gasteiger charge is 2.38. The molecule has 0 saturated heterocycles. The van der Waals surface area contributed by atoms with Crippen molar-refractivity contribution in [1.29, 1.82) is 0 Å². The maximum atomic E-state index is 13.5. The normalized spacial score (nSPS) is 25.4. The Hall–Kier alpha value is -1.01. The molecule has 1 saturated carbocycles. The zero-order valence-corrected chi connectivity index (χ0v) is 14.2. The van der Waals surface area contributed by atoms with E-state index in [-0.39, 0.29) is 15.9 Å². The van der Waals surface area contributed by atoms with Crippen LogP contribution in [0.25, 0.3) is 0 Å². The summed E-state index contributed by atoms with van der Waals surface area (Å²) < 4.78 is 13.7. The van der Waals surface area contributed by atoms with Crippen molar-refractivity contribution in [2.75, 3.05) is 0 Å². The van der Waals surface area contributed by atoms with Crippen LogP contribution in [0.3, 0.4) is 0 Å². The first kappa shape index (κ1) is 16.4. The molecule has 114 valence electrons. The Bertz CT molecular complexity index is 571. The lowest BCUT2D eigenvalue weighted by Gasteiger charge is -2.39. The molecule has 21 heavy (non-hydrogen) atoms. The van der Waals surface area contributed by atoms with Crippen LogP contribution in [-0.4, -0.2) is 16.4 Å². The maximum Gasteiger partial charge on any atom is 0.253 e. The summed E-state index contributed by atoms with van der Waals surface area (Å²) in [4.78, 5) is 12.8. The van der Waals surface area contributed by atoms with Gasteiger partial charge >= 0.3 is 0 Å². The zero-order chi connectivity index (χ0) is 15.6. The van der Waals surface area contributed by atoms with Gasteiger partial charge in [-0.05, 0) is 59.7 Å². The molecule has 1 aliphatic rings. The largest absolute Gasteiger partial charge is 0.391 e. The van der Waals surface area contributed by atoms with Gasteiger partial charge in [0, 0.05) is 0 Å². The van der Waals surface area contributed by atoms with Gasteiger partial charge in [-0.1, -0.05) is 25.2 Å². The number of amides is 1. The lowest BCUT2D eigenvalue weighted by molar-refractivity contribution is 0.0899. The monoisotopic (exact) mass is 372 g/mol. The van der Waals surface area contributed by atoms with Crippen LogP contribution < -0.4 is 11.1 Å². The molecule has 2 rings (SSSR count). The van der Waals surface area contributed by atoms with E-state index in [0.29, 0.717) is 10.9 Å². The highest BCUT2D eigenvalue weighted by Crippen LogP contribution is 2.33. The third-order valence-electron chi connectivity index (χ3n) is 4.15. The molecule has 1 aromatic carbocycles. The van der Waals surface area contributed by atoms with Gasteiger partial charge in [0.2, 0.25) is 0 Å². The van der Waals surface area contributed by atoms with E-state index in [0.717, 1.165) is 25.7 Å². The third kappa shape index (κ3) is 3.43. The first-order chi connectivity index (χ1) is 9.85. The fourth-order valence-electron chi connectivity index (χ4n) is 2.65. The second-order valence-electron chi connectivity index (χ2n) is 5.68. The van der Waals surface area contributed by atoms with Crippen molar-refractivity contribution in [2.24, 2.45) is 11.7 Å². The van der Waals surface area contributed by atoms with Gasteiger partial charge < -0.3 is 11.1 Å². The zero-order valence-electron chi connectivity index (χ0n) is 11.8. The van der Waals surface area contributed by atoms with Crippen LogP contribution in [0.5, 0.6) is 0 Å². The van der Waals surface area contributed by atoms with E-state index in [1.807, 2.05) is 0 Å². The first-order valence-corrected chi connectivity index (χ1v) is 8.12. The molecule has 0 bridgehead atoms. The molecule has 0 aromatic heterocycles. The van der Waals surface area contributed by atoms with Crippen LogP contribution >= 0.6 is 28.1 Å². The van der Waals surface area contributed by atoms with Gasteiger partial charge in [0.1, 0.15) is 5.82 Å². The summed E-state index contributed by atoms with van der Waals surface area (Å²) >= 11 is 8.28. The van der Waals surface area contributed by atoms with Gasteiger partial charge in [-0.15, -0.1) is 0 Å². The van der Waals surface area contributed by atoms with E-state index in [4.69, 9.17) is 18.0 Å². The lowest BCUT2D eigenvalue weighted by Crippen LogP contribution is -2.58. The lowest BCUT2D eigenvalue weighted by atomic mass is 9.77. The Morgan fingerprint density at radius 1 is 1.48 bits per heavy atom. The summed E-state index contributed by atoms with van der Waals surface area (Å²) in [7, 11) is 0. The van der Waals surface area contributed by atoms with Gasteiger partial charge in [-0.2, -0.15) is 0 Å². The first-order valence-electron chi connectivity index (χ1n) is 6.92. The van der Waals surface area contributed by atoms with E-state index in [9.17, 15) is 9.18 Å². The molecular weight excluding hydrogens is 355 g/mol. The number of thiocarbonyl (C=S) groups is 1. The number of rotatable bonds is 3. The minimum atomic E-state index is -0.662. The molecule has 3 nitrogen and oxygen atoms in total. The molecule has 0 aliphatic heterocycles. The SMILES string of the molecule is CC1CCC(NC(=O)c2cccc(F)c2Br)(C(N)=S)CC1. The predicted octanol–water partition coefficient (Wildman–Crippen LogP) is 3.55. The van der Waals surface area contributed by atoms with E-state index in [2.05, 4.69) is 28.2 Å². The Balaban J connectivity index is 2.23. The molecule has 0 atom stereocenters. The van der Waals surface area contributed by atoms with Crippen molar-refractivity contribution in [3.63, 3.8) is 0 Å². The van der Waals surface area contributed by atoms with Crippen LogP contribution in [0, 0.1) is 11.7 Å². The van der Waals surface area contributed by atoms with Crippen molar-refractivity contribution in [2.45, 2.75) is 38.1 Å². The van der Waals surface area contributed by atoms with Gasteiger partial charge in [0.25, 0.3) is 5.91 Å². The molecule has 0 unspecified atom stereocenters. The number of nitrogens with one attached hydrogen (secondary N) is 1. The second-order valence-corrected chi connectivity index (χ2v) is 6.92. The number of carbonyl (C=O) groups is 1. The van der Waals surface area contributed by atoms with Crippen molar-refractivity contribution in [3.8, 4) is 0 Å². The Morgan fingerprint density at radius 3 is 2.67 bits per heavy atom. The van der Waals surface area contributed by atoms with Crippen LogP contribution in [0.15, 0.2) is 22.7 Å². The second kappa shape index (κ2) is 6.40. The van der Waals surface area contributed by atoms with E-state index in [1.165, 1.54) is 12.1 Å². The molecule has 1 aromatic rings. The van der Waals surface area contributed by atoms with Crippen LogP contribution in [0.1, 0.15) is 43.0 Å². The summed E-state index contributed by atoms with van der Waals surface area (Å²) in [5, 5.41) is 2.93. The quantitative estimate of drug-likeness (QED) is 0.797. The molecule has 0 spiro atoms. The number of halogens is 2. The average molecular weight is 373 g/mol. The highest BCUT2D eigenvalue weighted by atomic mass is 79.9. The standard InChI is InChI=1S/C15H18BrFN2OS/c1-9-5-7-15(8-6-9,14(18)21)19-13(20)10-3-2-4-11(17)12(10)16/h2-4,9H,5-8H2,1H3,(H2,18,21)(H,19,20). The summed E-state index contributed by atoms with van der Waals surface area (Å²) in [5.41, 5.74) is 5.46. The number of hydrogen-bond donors (Lipinski definition) is 2. The van der Waals surface area contributed by atoms with Crippen molar-refractivity contribution < 1.29 is 9.18 Å². The van der Waals surface area contributed by atoms with Gasteiger partial charge in [-0.3, -0.25) is 4.79 Å². The fraction of sp³-hybridized carbons (Fsp3) is 0.467. The molecule has 0 heterocycles. The fourth-order valence-corrected chi connectivity index (χ4v) is 3.35. The average Bonchev–Trinajstić information content (AvgIpc) is 2.44. The van der Waals surface area contributed by atoms with Crippen LogP contribution in [-0.2, 0) is 0 Å². The van der Waals surface area contributed by atoms with Crippen LogP contribution in [0.4, 0.5) is 4.39 Å². The van der Waals surface area contributed by atoms with Gasteiger partial charge in [0.05, 0.1) is 20.6 Å². The van der Waals surface area contributed by atoms with E-state index < -0.39 is 11.4 Å². The molecule has 1 fully saturated rings. The Morgan fingerprint density at radius 2 is 2.10 bits per heavy atom. The molecule has 1 aliphatic carbocycles. The highest BCUT2D eigenvalue weighted by molar-refractivity contribution is 9.10. The van der Waals surface area contributed by atoms with Crippen LogP contribution in [0.2, 0.25) is 0 Å². The van der Waals surface area contributed by atoms with Crippen molar-refractivity contribution >= 4 is 39.0 Å². The molecule has 3 N–H and O–H groups in total.